The third kappa shape index (κ3) is 1.19. The highest BCUT2D eigenvalue weighted by Gasteiger charge is 2.14. The number of furan rings is 1. The molecule has 0 bridgehead atoms. The molecule has 0 aliphatic heterocycles. The number of benzene rings is 1. The van der Waals surface area contributed by atoms with Crippen LogP contribution in [0.3, 0.4) is 0 Å². The summed E-state index contributed by atoms with van der Waals surface area (Å²) in [7, 11) is 0. The van der Waals surface area contributed by atoms with Crippen LogP contribution in [-0.4, -0.2) is 9.97 Å². The van der Waals surface area contributed by atoms with Crippen LogP contribution in [0.2, 0.25) is 5.02 Å². The molecule has 0 saturated heterocycles. The Hall–Kier alpha value is -2.13. The van der Waals surface area contributed by atoms with Crippen molar-refractivity contribution in [1.82, 2.24) is 9.97 Å². The highest BCUT2D eigenvalue weighted by Crippen LogP contribution is 2.36. The molecule has 0 fully saturated rings. The summed E-state index contributed by atoms with van der Waals surface area (Å²) in [6.45, 7) is 0. The maximum absolute atomic E-state index is 6.45. The van der Waals surface area contributed by atoms with Crippen LogP contribution in [-0.2, 0) is 0 Å². The molecule has 4 heteroatoms. The molecule has 4 rings (SSSR count). The second-order valence-corrected chi connectivity index (χ2v) is 4.46. The predicted molar refractivity (Wildman–Crippen MR) is 71.8 cm³/mol. The number of hydrogen-bond donors (Lipinski definition) is 0. The van der Waals surface area contributed by atoms with E-state index in [1.54, 1.807) is 6.20 Å². The number of fused-ring (bicyclic) bond motifs is 4. The number of rotatable bonds is 0. The summed E-state index contributed by atoms with van der Waals surface area (Å²) in [5.74, 6) is 0. The lowest BCUT2D eigenvalue weighted by Crippen LogP contribution is -1.84. The van der Waals surface area contributed by atoms with Gasteiger partial charge < -0.3 is 4.42 Å². The standard InChI is InChI=1S/C14H7ClN2O/c15-12-9-5-3-7-16-13(9)17-14-11(12)8-4-1-2-6-10(8)18-14/h1-7H. The number of nitrogens with zero attached hydrogens (tertiary/aromatic N) is 2. The first-order valence-corrected chi connectivity index (χ1v) is 5.94. The molecule has 3 nitrogen and oxygen atoms in total. The van der Waals surface area contributed by atoms with Gasteiger partial charge in [-0.1, -0.05) is 29.8 Å². The lowest BCUT2D eigenvalue weighted by Gasteiger charge is -1.99. The minimum absolute atomic E-state index is 0.535. The molecule has 0 radical (unpaired) electrons. The number of halogens is 1. The summed E-state index contributed by atoms with van der Waals surface area (Å²) in [5.41, 5.74) is 1.93. The number of pyridine rings is 2. The van der Waals surface area contributed by atoms with E-state index in [0.29, 0.717) is 16.4 Å². The molecule has 0 atom stereocenters. The van der Waals surface area contributed by atoms with Gasteiger partial charge in [-0.2, -0.15) is 4.98 Å². The van der Waals surface area contributed by atoms with Crippen LogP contribution < -0.4 is 0 Å². The normalized spacial score (nSPS) is 11.6. The summed E-state index contributed by atoms with van der Waals surface area (Å²) in [4.78, 5) is 8.62. The van der Waals surface area contributed by atoms with Crippen LogP contribution >= 0.6 is 11.6 Å². The molecule has 0 spiro atoms. The Labute approximate surface area is 107 Å². The van der Waals surface area contributed by atoms with E-state index in [1.807, 2.05) is 36.4 Å². The van der Waals surface area contributed by atoms with E-state index >= 15 is 0 Å². The maximum atomic E-state index is 6.45. The van der Waals surface area contributed by atoms with Crippen LogP contribution in [0.4, 0.5) is 0 Å². The van der Waals surface area contributed by atoms with Gasteiger partial charge in [-0.25, -0.2) is 4.98 Å². The van der Waals surface area contributed by atoms with Crippen LogP contribution in [0.15, 0.2) is 47.0 Å². The van der Waals surface area contributed by atoms with E-state index in [1.165, 1.54) is 0 Å². The molecule has 86 valence electrons. The lowest BCUT2D eigenvalue weighted by atomic mass is 10.1. The van der Waals surface area contributed by atoms with E-state index in [4.69, 9.17) is 16.0 Å². The summed E-state index contributed by atoms with van der Waals surface area (Å²) < 4.78 is 5.71. The topological polar surface area (TPSA) is 38.9 Å². The van der Waals surface area contributed by atoms with Gasteiger partial charge in [-0.05, 0) is 18.2 Å². The molecule has 4 aromatic rings. The molecular weight excluding hydrogens is 248 g/mol. The van der Waals surface area contributed by atoms with E-state index in [2.05, 4.69) is 9.97 Å². The van der Waals surface area contributed by atoms with Gasteiger partial charge in [0.25, 0.3) is 0 Å². The minimum atomic E-state index is 0.535. The molecule has 0 amide bonds. The zero-order chi connectivity index (χ0) is 12.1. The summed E-state index contributed by atoms with van der Waals surface area (Å²) in [6, 6.07) is 11.5. The smallest absolute Gasteiger partial charge is 0.230 e. The Morgan fingerprint density at radius 2 is 1.83 bits per heavy atom. The van der Waals surface area contributed by atoms with Crippen molar-refractivity contribution in [3.63, 3.8) is 0 Å². The van der Waals surface area contributed by atoms with Gasteiger partial charge in [0.2, 0.25) is 5.71 Å². The number of hydrogen-bond acceptors (Lipinski definition) is 3. The van der Waals surface area contributed by atoms with E-state index < -0.39 is 0 Å². The van der Waals surface area contributed by atoms with Gasteiger partial charge in [0.1, 0.15) is 5.58 Å². The maximum Gasteiger partial charge on any atom is 0.230 e. The zero-order valence-corrected chi connectivity index (χ0v) is 9.98. The van der Waals surface area contributed by atoms with E-state index in [9.17, 15) is 0 Å². The van der Waals surface area contributed by atoms with Crippen molar-refractivity contribution in [2.24, 2.45) is 0 Å². The number of para-hydroxylation sites is 1. The first-order chi connectivity index (χ1) is 8.84. The molecule has 1 aromatic carbocycles. The van der Waals surface area contributed by atoms with Gasteiger partial charge in [0.05, 0.1) is 10.4 Å². The molecular formula is C14H7ClN2O. The van der Waals surface area contributed by atoms with Crippen LogP contribution in [0.1, 0.15) is 0 Å². The fraction of sp³-hybridized carbons (Fsp3) is 0. The van der Waals surface area contributed by atoms with Crippen molar-refractivity contribution < 1.29 is 4.42 Å². The van der Waals surface area contributed by atoms with Crippen LogP contribution in [0, 0.1) is 0 Å². The van der Waals surface area contributed by atoms with E-state index in [-0.39, 0.29) is 0 Å². The summed E-state index contributed by atoms with van der Waals surface area (Å²) in [6.07, 6.45) is 1.69. The molecule has 3 heterocycles. The van der Waals surface area contributed by atoms with Crippen molar-refractivity contribution in [3.05, 3.63) is 47.6 Å². The molecule has 0 aliphatic rings. The largest absolute Gasteiger partial charge is 0.438 e. The Morgan fingerprint density at radius 3 is 2.78 bits per heavy atom. The predicted octanol–water partition coefficient (Wildman–Crippen LogP) is 4.18. The average Bonchev–Trinajstić information content (AvgIpc) is 2.77. The van der Waals surface area contributed by atoms with Crippen molar-refractivity contribution in [1.29, 1.82) is 0 Å². The number of aromatic nitrogens is 2. The van der Waals surface area contributed by atoms with Crippen molar-refractivity contribution in [2.75, 3.05) is 0 Å². The Balaban J connectivity index is 2.34. The Morgan fingerprint density at radius 1 is 1.00 bits per heavy atom. The lowest BCUT2D eigenvalue weighted by molar-refractivity contribution is 0.655. The second kappa shape index (κ2) is 3.43. The van der Waals surface area contributed by atoms with E-state index in [0.717, 1.165) is 21.7 Å². The average molecular weight is 255 g/mol. The Bertz CT molecular complexity index is 898. The van der Waals surface area contributed by atoms with Crippen LogP contribution in [0.5, 0.6) is 0 Å². The first-order valence-electron chi connectivity index (χ1n) is 5.56. The molecule has 0 N–H and O–H groups in total. The van der Waals surface area contributed by atoms with Gasteiger partial charge >= 0.3 is 0 Å². The fourth-order valence-electron chi connectivity index (χ4n) is 2.21. The highest BCUT2D eigenvalue weighted by atomic mass is 35.5. The quantitative estimate of drug-likeness (QED) is 0.472. The zero-order valence-electron chi connectivity index (χ0n) is 9.22. The van der Waals surface area contributed by atoms with Gasteiger partial charge in [-0.3, -0.25) is 0 Å². The molecule has 0 aliphatic carbocycles. The molecule has 0 saturated carbocycles. The van der Waals surface area contributed by atoms with Crippen LogP contribution in [0.25, 0.3) is 33.1 Å². The first kappa shape index (κ1) is 9.85. The molecule has 3 aromatic heterocycles. The fourth-order valence-corrected chi connectivity index (χ4v) is 2.54. The van der Waals surface area contributed by atoms with Crippen molar-refractivity contribution >= 4 is 44.7 Å². The third-order valence-electron chi connectivity index (χ3n) is 3.03. The minimum Gasteiger partial charge on any atom is -0.438 e. The van der Waals surface area contributed by atoms with Crippen molar-refractivity contribution in [3.8, 4) is 0 Å². The molecule has 18 heavy (non-hydrogen) atoms. The summed E-state index contributed by atoms with van der Waals surface area (Å²) >= 11 is 6.45. The van der Waals surface area contributed by atoms with Crippen molar-refractivity contribution in [2.45, 2.75) is 0 Å². The highest BCUT2D eigenvalue weighted by molar-refractivity contribution is 6.42. The van der Waals surface area contributed by atoms with Gasteiger partial charge in [0.15, 0.2) is 5.65 Å². The van der Waals surface area contributed by atoms with Gasteiger partial charge in [0, 0.05) is 17.0 Å². The Kier molecular flexibility index (Phi) is 1.88. The summed E-state index contributed by atoms with van der Waals surface area (Å²) in [5, 5.41) is 3.33. The second-order valence-electron chi connectivity index (χ2n) is 4.08. The SMILES string of the molecule is Clc1c2cccnc2nc2oc3ccccc3c12. The monoisotopic (exact) mass is 254 g/mol. The molecule has 0 unspecified atom stereocenters. The van der Waals surface area contributed by atoms with Gasteiger partial charge in [-0.15, -0.1) is 0 Å². The third-order valence-corrected chi connectivity index (χ3v) is 3.42.